The normalized spacial score (nSPS) is 13.2. The summed E-state index contributed by atoms with van der Waals surface area (Å²) in [6, 6.07) is 28.2. The average Bonchev–Trinajstić information content (AvgIpc) is 3.27. The smallest absolute Gasteiger partial charge is 0.338 e. The van der Waals surface area contributed by atoms with Crippen LogP contribution in [0.15, 0.2) is 66.7 Å². The SMILES string of the molecule is CCCC[N+]1=C=[N+](c2ccc3c4ccccc4n(C(C)C)c3c2)c2ccccc21. The molecule has 0 atom stereocenters. The molecule has 0 saturated heterocycles. The zero-order chi connectivity index (χ0) is 20.0. The molecule has 3 aromatic carbocycles. The Morgan fingerprint density at radius 1 is 0.862 bits per heavy atom. The quantitative estimate of drug-likeness (QED) is 0.335. The summed E-state index contributed by atoms with van der Waals surface area (Å²) < 4.78 is 6.93. The van der Waals surface area contributed by atoms with Crippen molar-refractivity contribution in [2.45, 2.75) is 39.7 Å². The predicted molar refractivity (Wildman–Crippen MR) is 122 cm³/mol. The third-order valence-corrected chi connectivity index (χ3v) is 5.84. The highest BCUT2D eigenvalue weighted by molar-refractivity contribution is 6.09. The van der Waals surface area contributed by atoms with Crippen molar-refractivity contribution in [3.05, 3.63) is 66.7 Å². The zero-order valence-electron chi connectivity index (χ0n) is 17.4. The molecule has 1 aliphatic heterocycles. The van der Waals surface area contributed by atoms with E-state index in [0.29, 0.717) is 6.04 Å². The van der Waals surface area contributed by atoms with Gasteiger partial charge < -0.3 is 4.57 Å². The van der Waals surface area contributed by atoms with Gasteiger partial charge in [0.05, 0.1) is 5.52 Å². The molecule has 2 heterocycles. The number of hydrogen-bond acceptors (Lipinski definition) is 0. The minimum Gasteiger partial charge on any atom is -0.338 e. The summed E-state index contributed by atoms with van der Waals surface area (Å²) in [7, 11) is 0. The largest absolute Gasteiger partial charge is 0.496 e. The van der Waals surface area contributed by atoms with E-state index in [0.717, 1.165) is 18.7 Å². The van der Waals surface area contributed by atoms with Crippen LogP contribution >= 0.6 is 0 Å². The Morgan fingerprint density at radius 2 is 1.59 bits per heavy atom. The van der Waals surface area contributed by atoms with Gasteiger partial charge in [-0.05, 0) is 30.6 Å². The van der Waals surface area contributed by atoms with E-state index in [1.165, 1.54) is 39.6 Å². The Balaban J connectivity index is 1.74. The van der Waals surface area contributed by atoms with Gasteiger partial charge in [-0.1, -0.05) is 48.3 Å². The van der Waals surface area contributed by atoms with Gasteiger partial charge in [-0.15, -0.1) is 0 Å². The van der Waals surface area contributed by atoms with Crippen molar-refractivity contribution in [3.63, 3.8) is 0 Å². The molecule has 0 amide bonds. The lowest BCUT2D eigenvalue weighted by atomic mass is 10.1. The fraction of sp³-hybridized carbons (Fsp3) is 0.269. The van der Waals surface area contributed by atoms with Gasteiger partial charge in [-0.25, -0.2) is 0 Å². The number of fused-ring (bicyclic) bond motifs is 4. The third-order valence-electron chi connectivity index (χ3n) is 5.84. The van der Waals surface area contributed by atoms with Crippen LogP contribution in [0, 0.1) is 0 Å². The van der Waals surface area contributed by atoms with Gasteiger partial charge in [-0.3, -0.25) is 0 Å². The van der Waals surface area contributed by atoms with Crippen LogP contribution in [0.5, 0.6) is 0 Å². The number of rotatable bonds is 5. The maximum absolute atomic E-state index is 3.61. The Kier molecular flexibility index (Phi) is 4.34. The maximum atomic E-state index is 3.61. The summed E-state index contributed by atoms with van der Waals surface area (Å²) in [5.74, 6) is 0. The molecular weight excluding hydrogens is 354 g/mol. The molecule has 1 aliphatic rings. The summed E-state index contributed by atoms with van der Waals surface area (Å²) in [6.07, 6.45) is 2.34. The minimum atomic E-state index is 0.396. The molecular formula is C26H27N3+2. The van der Waals surface area contributed by atoms with Gasteiger partial charge in [0, 0.05) is 53.0 Å². The van der Waals surface area contributed by atoms with Crippen LogP contribution in [-0.2, 0) is 0 Å². The molecule has 0 spiro atoms. The second kappa shape index (κ2) is 7.02. The van der Waals surface area contributed by atoms with Crippen molar-refractivity contribution in [1.29, 1.82) is 0 Å². The molecule has 0 radical (unpaired) electrons. The second-order valence-electron chi connectivity index (χ2n) is 8.11. The van der Waals surface area contributed by atoms with Crippen molar-refractivity contribution >= 4 is 44.9 Å². The van der Waals surface area contributed by atoms with Gasteiger partial charge in [0.25, 0.3) is 11.4 Å². The van der Waals surface area contributed by atoms with Crippen LogP contribution in [0.4, 0.5) is 17.1 Å². The van der Waals surface area contributed by atoms with Gasteiger partial charge in [0.1, 0.15) is 0 Å². The summed E-state index contributed by atoms with van der Waals surface area (Å²) in [4.78, 5) is 0. The number of aromatic nitrogens is 1. The van der Waals surface area contributed by atoms with E-state index in [9.17, 15) is 0 Å². The summed E-state index contributed by atoms with van der Waals surface area (Å²) in [6.45, 7) is 7.75. The third kappa shape index (κ3) is 2.82. The molecule has 0 unspecified atom stereocenters. The first-order chi connectivity index (χ1) is 14.2. The number of para-hydroxylation sites is 3. The Morgan fingerprint density at radius 3 is 2.38 bits per heavy atom. The van der Waals surface area contributed by atoms with Gasteiger partial charge in [0.15, 0.2) is 6.54 Å². The van der Waals surface area contributed by atoms with Crippen LogP contribution in [0.1, 0.15) is 39.7 Å². The van der Waals surface area contributed by atoms with Crippen LogP contribution < -0.4 is 4.58 Å². The van der Waals surface area contributed by atoms with Crippen molar-refractivity contribution in [1.82, 2.24) is 9.14 Å². The van der Waals surface area contributed by atoms with Crippen LogP contribution in [0.25, 0.3) is 21.8 Å². The summed E-state index contributed by atoms with van der Waals surface area (Å²) >= 11 is 0. The Hall–Kier alpha value is -3.16. The van der Waals surface area contributed by atoms with Gasteiger partial charge >= 0.3 is 6.01 Å². The van der Waals surface area contributed by atoms with E-state index in [-0.39, 0.29) is 0 Å². The average molecular weight is 382 g/mol. The van der Waals surface area contributed by atoms with Crippen LogP contribution in [0.3, 0.4) is 0 Å². The lowest BCUT2D eigenvalue weighted by Gasteiger charge is -2.11. The molecule has 4 aromatic rings. The van der Waals surface area contributed by atoms with E-state index < -0.39 is 0 Å². The fourth-order valence-corrected chi connectivity index (χ4v) is 4.48. The molecule has 3 nitrogen and oxygen atoms in total. The summed E-state index contributed by atoms with van der Waals surface area (Å²) in [5.41, 5.74) is 6.19. The minimum absolute atomic E-state index is 0.396. The van der Waals surface area contributed by atoms with Crippen molar-refractivity contribution < 1.29 is 4.58 Å². The molecule has 0 fully saturated rings. The number of nitrogens with zero attached hydrogens (tertiary/aromatic N) is 3. The number of hydrogen-bond donors (Lipinski definition) is 0. The lowest BCUT2D eigenvalue weighted by molar-refractivity contribution is -0.431. The Labute approximate surface area is 171 Å². The highest BCUT2D eigenvalue weighted by Gasteiger charge is 2.34. The lowest BCUT2D eigenvalue weighted by Crippen LogP contribution is -2.04. The molecule has 3 heteroatoms. The second-order valence-corrected chi connectivity index (χ2v) is 8.11. The number of unbranched alkanes of at least 4 members (excludes halogenated alkanes) is 1. The molecule has 1 aromatic heterocycles. The molecule has 0 saturated carbocycles. The van der Waals surface area contributed by atoms with Crippen molar-refractivity contribution in [2.24, 2.45) is 0 Å². The molecule has 0 bridgehead atoms. The first-order valence-corrected chi connectivity index (χ1v) is 10.6. The van der Waals surface area contributed by atoms with Gasteiger partial charge in [0.2, 0.25) is 5.69 Å². The van der Waals surface area contributed by atoms with E-state index in [1.807, 2.05) is 0 Å². The molecule has 0 N–H and O–H groups in total. The van der Waals surface area contributed by atoms with E-state index in [2.05, 4.69) is 107 Å². The van der Waals surface area contributed by atoms with Gasteiger partial charge in [-0.2, -0.15) is 0 Å². The topological polar surface area (TPSA) is 10.9 Å². The Bertz CT molecular complexity index is 1300. The molecule has 5 rings (SSSR count). The van der Waals surface area contributed by atoms with E-state index >= 15 is 0 Å². The number of benzene rings is 3. The van der Waals surface area contributed by atoms with Crippen LogP contribution in [-0.4, -0.2) is 21.7 Å². The maximum Gasteiger partial charge on any atom is 0.496 e. The van der Waals surface area contributed by atoms with Crippen molar-refractivity contribution in [3.8, 4) is 0 Å². The zero-order valence-corrected chi connectivity index (χ0v) is 17.4. The molecule has 0 aliphatic carbocycles. The molecule has 29 heavy (non-hydrogen) atoms. The highest BCUT2D eigenvalue weighted by Crippen LogP contribution is 2.37. The van der Waals surface area contributed by atoms with E-state index in [1.54, 1.807) is 0 Å². The first kappa shape index (κ1) is 17.9. The first-order valence-electron chi connectivity index (χ1n) is 10.6. The standard InChI is InChI=1S/C26H27N3/c1-4-5-16-27-18-28(25-13-9-8-12-24(25)27)20-14-15-22-21-10-6-7-11-23(21)29(19(2)3)26(22)17-20/h6-15,17,19H,4-5,16H2,1-3H3/q+2. The van der Waals surface area contributed by atoms with Crippen LogP contribution in [0.2, 0.25) is 0 Å². The van der Waals surface area contributed by atoms with Crippen molar-refractivity contribution in [2.75, 3.05) is 6.54 Å². The highest BCUT2D eigenvalue weighted by atomic mass is 15.2. The predicted octanol–water partition coefficient (Wildman–Crippen LogP) is 6.84. The summed E-state index contributed by atoms with van der Waals surface area (Å²) in [5, 5.41) is 2.63. The molecule has 144 valence electrons. The van der Waals surface area contributed by atoms with E-state index in [4.69, 9.17) is 0 Å². The monoisotopic (exact) mass is 381 g/mol. The fourth-order valence-electron chi connectivity index (χ4n) is 4.48.